The summed E-state index contributed by atoms with van der Waals surface area (Å²) in [5.41, 5.74) is 0.239. The molecule has 1 N–H and O–H groups in total. The van der Waals surface area contributed by atoms with Crippen LogP contribution in [0.4, 0.5) is 13.2 Å². The van der Waals surface area contributed by atoms with Crippen molar-refractivity contribution in [1.82, 2.24) is 10.2 Å². The maximum Gasteiger partial charge on any atom is 0.416 e. The Hall–Kier alpha value is -1.76. The number of rotatable bonds is 6. The van der Waals surface area contributed by atoms with Crippen LogP contribution in [-0.2, 0) is 17.3 Å². The number of aliphatic imine (C=N–C) groups is 1. The predicted molar refractivity (Wildman–Crippen MR) is 97.3 cm³/mol. The maximum absolute atomic E-state index is 12.6. The molecule has 0 atom stereocenters. The molecule has 1 aliphatic heterocycles. The highest BCUT2D eigenvalue weighted by Crippen LogP contribution is 2.29. The molecule has 146 valence electrons. The van der Waals surface area contributed by atoms with E-state index in [9.17, 15) is 13.2 Å². The minimum absolute atomic E-state index is 0.325. The average Bonchev–Trinajstić information content (AvgIpc) is 2.62. The van der Waals surface area contributed by atoms with E-state index in [4.69, 9.17) is 4.74 Å². The normalized spacial score (nSPS) is 16.8. The van der Waals surface area contributed by atoms with Gasteiger partial charge in [0.2, 0.25) is 0 Å². The quantitative estimate of drug-likeness (QED) is 0.612. The summed E-state index contributed by atoms with van der Waals surface area (Å²) >= 11 is 0. The van der Waals surface area contributed by atoms with E-state index >= 15 is 0 Å². The zero-order chi connectivity index (χ0) is 19.0. The van der Waals surface area contributed by atoms with Crippen LogP contribution in [0, 0.1) is 0 Å². The summed E-state index contributed by atoms with van der Waals surface area (Å²) < 4.78 is 43.5. The molecule has 0 amide bonds. The van der Waals surface area contributed by atoms with Crippen LogP contribution < -0.4 is 5.32 Å². The van der Waals surface area contributed by atoms with Crippen molar-refractivity contribution in [3.8, 4) is 0 Å². The summed E-state index contributed by atoms with van der Waals surface area (Å²) in [4.78, 5) is 6.87. The van der Waals surface area contributed by atoms with Crippen molar-refractivity contribution in [1.29, 1.82) is 0 Å². The van der Waals surface area contributed by atoms with Gasteiger partial charge in [0.25, 0.3) is 0 Å². The second-order valence-corrected chi connectivity index (χ2v) is 6.32. The first-order valence-corrected chi connectivity index (χ1v) is 9.25. The lowest BCUT2D eigenvalue weighted by Gasteiger charge is -2.34. The van der Waals surface area contributed by atoms with Crippen molar-refractivity contribution >= 4 is 5.96 Å². The topological polar surface area (TPSA) is 36.9 Å². The molecule has 0 bridgehead atoms. The highest BCUT2D eigenvalue weighted by atomic mass is 19.4. The van der Waals surface area contributed by atoms with Crippen molar-refractivity contribution < 1.29 is 17.9 Å². The fourth-order valence-electron chi connectivity index (χ4n) is 3.05. The molecule has 0 spiro atoms. The van der Waals surface area contributed by atoms with E-state index in [0.717, 1.165) is 62.7 Å². The molecular formula is C19H28F3N3O. The van der Waals surface area contributed by atoms with Crippen LogP contribution >= 0.6 is 0 Å². The van der Waals surface area contributed by atoms with E-state index in [-0.39, 0.29) is 0 Å². The van der Waals surface area contributed by atoms with Gasteiger partial charge in [-0.1, -0.05) is 12.1 Å². The average molecular weight is 371 g/mol. The van der Waals surface area contributed by atoms with Gasteiger partial charge in [0.15, 0.2) is 5.96 Å². The standard InChI is InChI=1S/C19H28F3N3O/c1-3-23-18(25-13-10-17(11-14-25)26-4-2)24-12-9-15-5-7-16(8-6-15)19(20,21)22/h5-8,17H,3-4,9-14H2,1-2H3,(H,23,24). The van der Waals surface area contributed by atoms with Crippen molar-refractivity contribution in [3.63, 3.8) is 0 Å². The molecule has 0 aromatic heterocycles. The molecule has 4 nitrogen and oxygen atoms in total. The predicted octanol–water partition coefficient (Wildman–Crippen LogP) is 3.71. The van der Waals surface area contributed by atoms with Gasteiger partial charge in [-0.05, 0) is 50.8 Å². The Morgan fingerprint density at radius 3 is 2.38 bits per heavy atom. The molecule has 1 aliphatic rings. The molecule has 1 saturated heterocycles. The number of ether oxygens (including phenoxy) is 1. The van der Waals surface area contributed by atoms with E-state index in [1.807, 2.05) is 13.8 Å². The van der Waals surface area contributed by atoms with Crippen LogP contribution in [0.5, 0.6) is 0 Å². The number of alkyl halides is 3. The number of piperidine rings is 1. The maximum atomic E-state index is 12.6. The van der Waals surface area contributed by atoms with Gasteiger partial charge in [-0.15, -0.1) is 0 Å². The van der Waals surface area contributed by atoms with E-state index in [2.05, 4.69) is 15.2 Å². The number of benzene rings is 1. The van der Waals surface area contributed by atoms with Crippen molar-refractivity contribution in [2.45, 2.75) is 45.4 Å². The highest BCUT2D eigenvalue weighted by molar-refractivity contribution is 5.80. The monoisotopic (exact) mass is 371 g/mol. The Labute approximate surface area is 153 Å². The molecular weight excluding hydrogens is 343 g/mol. The van der Waals surface area contributed by atoms with Gasteiger partial charge in [-0.2, -0.15) is 13.2 Å². The van der Waals surface area contributed by atoms with Crippen LogP contribution in [0.25, 0.3) is 0 Å². The van der Waals surface area contributed by atoms with Gasteiger partial charge in [0.05, 0.1) is 11.7 Å². The Balaban J connectivity index is 1.89. The van der Waals surface area contributed by atoms with Crippen LogP contribution in [0.1, 0.15) is 37.8 Å². The lowest BCUT2D eigenvalue weighted by Crippen LogP contribution is -2.47. The Morgan fingerprint density at radius 1 is 1.19 bits per heavy atom. The fraction of sp³-hybridized carbons (Fsp3) is 0.632. The second kappa shape index (κ2) is 9.80. The second-order valence-electron chi connectivity index (χ2n) is 6.32. The summed E-state index contributed by atoms with van der Waals surface area (Å²) in [6.45, 7) is 7.90. The van der Waals surface area contributed by atoms with Gasteiger partial charge >= 0.3 is 6.18 Å². The number of hydrogen-bond acceptors (Lipinski definition) is 2. The number of nitrogens with one attached hydrogen (secondary N) is 1. The van der Waals surface area contributed by atoms with Gasteiger partial charge in [-0.25, -0.2) is 0 Å². The van der Waals surface area contributed by atoms with Crippen molar-refractivity contribution in [2.24, 2.45) is 4.99 Å². The lowest BCUT2D eigenvalue weighted by atomic mass is 10.1. The smallest absolute Gasteiger partial charge is 0.378 e. The van der Waals surface area contributed by atoms with Gasteiger partial charge in [0.1, 0.15) is 0 Å². The van der Waals surface area contributed by atoms with Crippen LogP contribution in [0.2, 0.25) is 0 Å². The van der Waals surface area contributed by atoms with E-state index in [1.54, 1.807) is 0 Å². The molecule has 26 heavy (non-hydrogen) atoms. The number of hydrogen-bond donors (Lipinski definition) is 1. The molecule has 0 unspecified atom stereocenters. The Morgan fingerprint density at radius 2 is 1.85 bits per heavy atom. The summed E-state index contributed by atoms with van der Waals surface area (Å²) in [6, 6.07) is 5.31. The summed E-state index contributed by atoms with van der Waals surface area (Å²) in [7, 11) is 0. The number of likely N-dealkylation sites (tertiary alicyclic amines) is 1. The summed E-state index contributed by atoms with van der Waals surface area (Å²) in [6.07, 6.45) is -1.38. The van der Waals surface area contributed by atoms with Crippen LogP contribution in [-0.4, -0.2) is 49.7 Å². The van der Waals surface area contributed by atoms with Gasteiger partial charge < -0.3 is 15.0 Å². The fourth-order valence-corrected chi connectivity index (χ4v) is 3.05. The molecule has 0 aliphatic carbocycles. The van der Waals surface area contributed by atoms with Crippen molar-refractivity contribution in [3.05, 3.63) is 35.4 Å². The number of guanidine groups is 1. The Kier molecular flexibility index (Phi) is 7.75. The lowest BCUT2D eigenvalue weighted by molar-refractivity contribution is -0.137. The van der Waals surface area contributed by atoms with Crippen LogP contribution in [0.3, 0.4) is 0 Å². The molecule has 1 fully saturated rings. The molecule has 2 rings (SSSR count). The first kappa shape index (κ1) is 20.6. The third-order valence-electron chi connectivity index (χ3n) is 4.42. The van der Waals surface area contributed by atoms with Gasteiger partial charge in [-0.3, -0.25) is 4.99 Å². The first-order valence-electron chi connectivity index (χ1n) is 9.25. The molecule has 0 saturated carbocycles. The zero-order valence-electron chi connectivity index (χ0n) is 15.5. The van der Waals surface area contributed by atoms with Crippen molar-refractivity contribution in [2.75, 3.05) is 32.8 Å². The van der Waals surface area contributed by atoms with Gasteiger partial charge in [0, 0.05) is 32.8 Å². The zero-order valence-corrected chi connectivity index (χ0v) is 15.5. The molecule has 1 aromatic rings. The molecule has 1 aromatic carbocycles. The molecule has 7 heteroatoms. The minimum atomic E-state index is -4.29. The third-order valence-corrected chi connectivity index (χ3v) is 4.42. The third kappa shape index (κ3) is 6.20. The summed E-state index contributed by atoms with van der Waals surface area (Å²) in [5.74, 6) is 0.870. The number of halogens is 3. The largest absolute Gasteiger partial charge is 0.416 e. The van der Waals surface area contributed by atoms with E-state index in [0.29, 0.717) is 19.1 Å². The van der Waals surface area contributed by atoms with E-state index < -0.39 is 11.7 Å². The first-order chi connectivity index (χ1) is 12.4. The highest BCUT2D eigenvalue weighted by Gasteiger charge is 2.29. The molecule has 1 heterocycles. The molecule has 0 radical (unpaired) electrons. The van der Waals surface area contributed by atoms with Crippen LogP contribution in [0.15, 0.2) is 29.3 Å². The summed E-state index contributed by atoms with van der Waals surface area (Å²) in [5, 5.41) is 3.30. The van der Waals surface area contributed by atoms with E-state index in [1.165, 1.54) is 12.1 Å². The minimum Gasteiger partial charge on any atom is -0.378 e. The number of nitrogens with zero attached hydrogens (tertiary/aromatic N) is 2. The Bertz CT molecular complexity index is 564. The SMILES string of the molecule is CCNC(=NCCc1ccc(C(F)(F)F)cc1)N1CCC(OCC)CC1.